The molecule has 0 fully saturated rings. The molecule has 0 aliphatic carbocycles. The highest BCUT2D eigenvalue weighted by atomic mass is 32.2. The largest absolute Gasteiger partial charge is 0.508 e. The van der Waals surface area contributed by atoms with Crippen molar-refractivity contribution in [2.24, 2.45) is 0 Å². The van der Waals surface area contributed by atoms with Crippen LogP contribution >= 0.6 is 11.8 Å². The van der Waals surface area contributed by atoms with E-state index in [9.17, 15) is 14.7 Å². The maximum Gasteiger partial charge on any atom is 0.269 e. The molecule has 0 unspecified atom stereocenters. The Morgan fingerprint density at radius 1 is 1.08 bits per heavy atom. The Morgan fingerprint density at radius 3 is 2.60 bits per heavy atom. The van der Waals surface area contributed by atoms with Gasteiger partial charge in [-0.05, 0) is 36.4 Å². The van der Waals surface area contributed by atoms with Gasteiger partial charge in [-0.15, -0.1) is 11.8 Å². The van der Waals surface area contributed by atoms with Gasteiger partial charge in [0.05, 0.1) is 11.5 Å². The van der Waals surface area contributed by atoms with Crippen molar-refractivity contribution in [2.45, 2.75) is 5.75 Å². The van der Waals surface area contributed by atoms with Gasteiger partial charge < -0.3 is 9.52 Å². The van der Waals surface area contributed by atoms with Crippen LogP contribution in [-0.4, -0.2) is 27.7 Å². The van der Waals surface area contributed by atoms with Gasteiger partial charge in [-0.25, -0.2) is 4.98 Å². The number of carbonyl (C=O) groups is 2. The van der Waals surface area contributed by atoms with Gasteiger partial charge in [0.1, 0.15) is 11.3 Å². The molecule has 3 rings (SSSR count). The number of phenols is 1. The highest BCUT2D eigenvalue weighted by molar-refractivity contribution is 7.99. The van der Waals surface area contributed by atoms with E-state index in [0.29, 0.717) is 22.8 Å². The van der Waals surface area contributed by atoms with Crippen LogP contribution in [0.2, 0.25) is 0 Å². The number of carbonyl (C=O) groups excluding carboxylic acids is 2. The first-order chi connectivity index (χ1) is 12.1. The van der Waals surface area contributed by atoms with Crippen molar-refractivity contribution in [1.29, 1.82) is 0 Å². The second-order valence-corrected chi connectivity index (χ2v) is 6.10. The van der Waals surface area contributed by atoms with Gasteiger partial charge in [0.2, 0.25) is 11.8 Å². The minimum absolute atomic E-state index is 0.0659. The Morgan fingerprint density at radius 2 is 1.84 bits per heavy atom. The molecule has 0 aliphatic rings. The van der Waals surface area contributed by atoms with Crippen molar-refractivity contribution < 1.29 is 19.1 Å². The molecule has 0 aliphatic heterocycles. The topological polar surface area (TPSA) is 104 Å². The lowest BCUT2D eigenvalue weighted by molar-refractivity contribution is -0.119. The Labute approximate surface area is 147 Å². The normalized spacial score (nSPS) is 10.6. The lowest BCUT2D eigenvalue weighted by atomic mass is 10.2. The van der Waals surface area contributed by atoms with Crippen LogP contribution in [0.15, 0.2) is 52.9 Å². The molecule has 3 N–H and O–H groups in total. The van der Waals surface area contributed by atoms with E-state index in [4.69, 9.17) is 4.42 Å². The predicted molar refractivity (Wildman–Crippen MR) is 93.9 cm³/mol. The molecule has 1 heterocycles. The van der Waals surface area contributed by atoms with Crippen molar-refractivity contribution in [3.05, 3.63) is 60.0 Å². The molecule has 7 nitrogen and oxygen atoms in total. The number of amides is 2. The maximum absolute atomic E-state index is 11.8. The third kappa shape index (κ3) is 4.51. The Kier molecular flexibility index (Phi) is 5.20. The Bertz CT molecular complexity index is 859. The Balaban J connectivity index is 1.42. The van der Waals surface area contributed by atoms with Crippen molar-refractivity contribution >= 4 is 34.7 Å². The average Bonchev–Trinajstić information content (AvgIpc) is 3.03. The van der Waals surface area contributed by atoms with E-state index in [1.54, 1.807) is 0 Å². The highest BCUT2D eigenvalue weighted by Gasteiger charge is 2.09. The maximum atomic E-state index is 11.8. The lowest BCUT2D eigenvalue weighted by Gasteiger charge is -2.07. The third-order valence-corrected chi connectivity index (χ3v) is 4.16. The molecule has 0 atom stereocenters. The lowest BCUT2D eigenvalue weighted by Crippen LogP contribution is -2.42. The van der Waals surface area contributed by atoms with E-state index in [-0.39, 0.29) is 17.4 Å². The molecular weight excluding hydrogens is 342 g/mol. The molecule has 25 heavy (non-hydrogen) atoms. The number of hydrogen-bond donors (Lipinski definition) is 3. The predicted octanol–water partition coefficient (Wildman–Crippen LogP) is 2.23. The number of benzene rings is 2. The van der Waals surface area contributed by atoms with E-state index in [1.165, 1.54) is 36.0 Å². The number of oxazole rings is 1. The van der Waals surface area contributed by atoms with Gasteiger partial charge in [-0.2, -0.15) is 0 Å². The molecule has 0 radical (unpaired) electrons. The second kappa shape index (κ2) is 7.71. The molecule has 0 bridgehead atoms. The van der Waals surface area contributed by atoms with E-state index in [2.05, 4.69) is 15.8 Å². The van der Waals surface area contributed by atoms with Crippen LogP contribution in [0.5, 0.6) is 5.75 Å². The minimum Gasteiger partial charge on any atom is -0.508 e. The standard InChI is InChI=1S/C17H15N3O4S/c21-12-7-5-11(6-8-12)17(23)20-19-15(22)9-25-10-16-18-13-3-1-2-4-14(13)24-16/h1-8,21H,9-10H2,(H,19,22)(H,20,23). The Hall–Kier alpha value is -3.00. The fourth-order valence-corrected chi connectivity index (χ4v) is 2.72. The summed E-state index contributed by atoms with van der Waals surface area (Å²) < 4.78 is 5.56. The fourth-order valence-electron chi connectivity index (χ4n) is 2.06. The molecule has 3 aromatic rings. The number of thioether (sulfide) groups is 1. The number of rotatable bonds is 5. The van der Waals surface area contributed by atoms with Gasteiger partial charge in [0, 0.05) is 5.56 Å². The summed E-state index contributed by atoms with van der Waals surface area (Å²) >= 11 is 1.33. The highest BCUT2D eigenvalue weighted by Crippen LogP contribution is 2.18. The summed E-state index contributed by atoms with van der Waals surface area (Å²) in [4.78, 5) is 27.9. The van der Waals surface area contributed by atoms with Crippen LogP contribution < -0.4 is 10.9 Å². The fraction of sp³-hybridized carbons (Fsp3) is 0.118. The van der Waals surface area contributed by atoms with Gasteiger partial charge >= 0.3 is 0 Å². The second-order valence-electron chi connectivity index (χ2n) is 5.12. The molecule has 2 amide bonds. The summed E-state index contributed by atoms with van der Waals surface area (Å²) in [5.41, 5.74) is 6.48. The zero-order valence-corrected chi connectivity index (χ0v) is 13.9. The number of fused-ring (bicyclic) bond motifs is 1. The zero-order chi connectivity index (χ0) is 17.6. The van der Waals surface area contributed by atoms with E-state index in [0.717, 1.165) is 5.52 Å². The first-order valence-corrected chi connectivity index (χ1v) is 8.58. The van der Waals surface area contributed by atoms with Crippen LogP contribution in [0.4, 0.5) is 0 Å². The summed E-state index contributed by atoms with van der Waals surface area (Å²) in [6.07, 6.45) is 0. The van der Waals surface area contributed by atoms with Crippen LogP contribution in [-0.2, 0) is 10.5 Å². The smallest absolute Gasteiger partial charge is 0.269 e. The van der Waals surface area contributed by atoms with E-state index in [1.807, 2.05) is 24.3 Å². The average molecular weight is 357 g/mol. The molecule has 0 saturated heterocycles. The molecule has 0 saturated carbocycles. The molecule has 0 spiro atoms. The monoisotopic (exact) mass is 357 g/mol. The van der Waals surface area contributed by atoms with Crippen LogP contribution in [0.1, 0.15) is 16.2 Å². The van der Waals surface area contributed by atoms with E-state index < -0.39 is 5.91 Å². The molecule has 1 aromatic heterocycles. The summed E-state index contributed by atoms with van der Waals surface area (Å²) in [5.74, 6) is 0.414. The van der Waals surface area contributed by atoms with Gasteiger partial charge in [0.15, 0.2) is 5.58 Å². The number of phenolic OH excluding ortho intramolecular Hbond substituents is 1. The van der Waals surface area contributed by atoms with Crippen LogP contribution in [0.25, 0.3) is 11.1 Å². The number of para-hydroxylation sites is 2. The minimum atomic E-state index is -0.461. The number of aromatic hydroxyl groups is 1. The molecule has 128 valence electrons. The molecule has 8 heteroatoms. The van der Waals surface area contributed by atoms with Crippen molar-refractivity contribution in [1.82, 2.24) is 15.8 Å². The SMILES string of the molecule is O=C(CSCc1nc2ccccc2o1)NNC(=O)c1ccc(O)cc1. The summed E-state index contributed by atoms with van der Waals surface area (Å²) in [6, 6.07) is 13.2. The third-order valence-electron chi connectivity index (χ3n) is 3.24. The van der Waals surface area contributed by atoms with Gasteiger partial charge in [0.25, 0.3) is 5.91 Å². The number of aromatic nitrogens is 1. The first-order valence-electron chi connectivity index (χ1n) is 7.42. The van der Waals surface area contributed by atoms with Gasteiger partial charge in [-0.1, -0.05) is 12.1 Å². The van der Waals surface area contributed by atoms with Crippen LogP contribution in [0, 0.1) is 0 Å². The summed E-state index contributed by atoms with van der Waals surface area (Å²) in [5, 5.41) is 9.18. The van der Waals surface area contributed by atoms with Gasteiger partial charge in [-0.3, -0.25) is 20.4 Å². The van der Waals surface area contributed by atoms with Crippen molar-refractivity contribution in [3.8, 4) is 5.75 Å². The van der Waals surface area contributed by atoms with Crippen molar-refractivity contribution in [3.63, 3.8) is 0 Å². The zero-order valence-electron chi connectivity index (χ0n) is 13.1. The quantitative estimate of drug-likeness (QED) is 0.605. The van der Waals surface area contributed by atoms with Crippen LogP contribution in [0.3, 0.4) is 0 Å². The number of nitrogens with zero attached hydrogens (tertiary/aromatic N) is 1. The summed E-state index contributed by atoms with van der Waals surface area (Å²) in [6.45, 7) is 0. The number of hydrogen-bond acceptors (Lipinski definition) is 6. The molecule has 2 aromatic carbocycles. The number of hydrazine groups is 1. The van der Waals surface area contributed by atoms with E-state index >= 15 is 0 Å². The molecular formula is C17H15N3O4S. The first kappa shape index (κ1) is 16.8. The number of nitrogens with one attached hydrogen (secondary N) is 2. The van der Waals surface area contributed by atoms with Crippen molar-refractivity contribution in [2.75, 3.05) is 5.75 Å². The summed E-state index contributed by atoms with van der Waals surface area (Å²) in [7, 11) is 0.